The van der Waals surface area contributed by atoms with E-state index in [4.69, 9.17) is 21.1 Å². The summed E-state index contributed by atoms with van der Waals surface area (Å²) in [7, 11) is 2.45. The zero-order chi connectivity index (χ0) is 18.6. The fourth-order valence-electron chi connectivity index (χ4n) is 1.98. The molecule has 0 saturated heterocycles. The first-order valence-electron chi connectivity index (χ1n) is 7.25. The van der Waals surface area contributed by atoms with Gasteiger partial charge in [0.05, 0.1) is 24.9 Å². The quantitative estimate of drug-likeness (QED) is 0.764. The summed E-state index contributed by atoms with van der Waals surface area (Å²) in [6.07, 6.45) is 0. The molecule has 136 valence electrons. The third-order valence-corrected chi connectivity index (χ3v) is 5.12. The van der Waals surface area contributed by atoms with Crippen LogP contribution in [0.2, 0.25) is 5.02 Å². The van der Waals surface area contributed by atoms with E-state index in [1.807, 2.05) is 0 Å². The molecule has 2 aromatic rings. The van der Waals surface area contributed by atoms with Gasteiger partial charge in [-0.3, -0.25) is 4.72 Å². The SMILES string of the molecule is COc1cc(Nc2ccc(NS(=O)(=O)N(C)C)cc2)c(OC)cc1Cl. The van der Waals surface area contributed by atoms with Gasteiger partial charge in [0.15, 0.2) is 0 Å². The monoisotopic (exact) mass is 385 g/mol. The van der Waals surface area contributed by atoms with Crippen molar-refractivity contribution >= 4 is 38.9 Å². The molecule has 0 amide bonds. The summed E-state index contributed by atoms with van der Waals surface area (Å²) in [6, 6.07) is 10.2. The minimum atomic E-state index is -3.54. The highest BCUT2D eigenvalue weighted by atomic mass is 35.5. The predicted octanol–water partition coefficient (Wildman–Crippen LogP) is 3.32. The van der Waals surface area contributed by atoms with E-state index in [0.29, 0.717) is 27.9 Å². The number of benzene rings is 2. The van der Waals surface area contributed by atoms with Crippen molar-refractivity contribution < 1.29 is 17.9 Å². The van der Waals surface area contributed by atoms with Crippen molar-refractivity contribution in [2.45, 2.75) is 0 Å². The van der Waals surface area contributed by atoms with Crippen molar-refractivity contribution in [3.8, 4) is 11.5 Å². The number of methoxy groups -OCH3 is 2. The molecule has 2 rings (SSSR count). The van der Waals surface area contributed by atoms with Crippen LogP contribution in [0, 0.1) is 0 Å². The molecule has 0 radical (unpaired) electrons. The Balaban J connectivity index is 2.22. The van der Waals surface area contributed by atoms with Crippen molar-refractivity contribution in [1.29, 1.82) is 0 Å². The highest BCUT2D eigenvalue weighted by Crippen LogP contribution is 2.37. The van der Waals surface area contributed by atoms with Gasteiger partial charge >= 0.3 is 10.2 Å². The first-order valence-corrected chi connectivity index (χ1v) is 9.07. The van der Waals surface area contributed by atoms with Crippen molar-refractivity contribution in [2.75, 3.05) is 38.4 Å². The molecule has 0 aliphatic carbocycles. The van der Waals surface area contributed by atoms with Crippen molar-refractivity contribution in [3.05, 3.63) is 41.4 Å². The van der Waals surface area contributed by atoms with Gasteiger partial charge in [-0.05, 0) is 24.3 Å². The first kappa shape index (κ1) is 19.2. The van der Waals surface area contributed by atoms with Gasteiger partial charge in [0, 0.05) is 37.6 Å². The van der Waals surface area contributed by atoms with Gasteiger partial charge in [-0.25, -0.2) is 0 Å². The molecule has 0 atom stereocenters. The lowest BCUT2D eigenvalue weighted by atomic mass is 10.2. The standard InChI is InChI=1S/C16H20ClN3O4S/c1-20(2)25(21,22)19-12-7-5-11(6-8-12)18-14-10-15(23-3)13(17)9-16(14)24-4/h5-10,18-19H,1-4H3. The Hall–Kier alpha value is -2.16. The average Bonchev–Trinajstić information content (AvgIpc) is 2.57. The Morgan fingerprint density at radius 3 is 2.04 bits per heavy atom. The molecule has 25 heavy (non-hydrogen) atoms. The lowest BCUT2D eigenvalue weighted by Crippen LogP contribution is -2.28. The number of ether oxygens (including phenoxy) is 2. The summed E-state index contributed by atoms with van der Waals surface area (Å²) in [5.74, 6) is 1.07. The molecule has 0 bridgehead atoms. The average molecular weight is 386 g/mol. The van der Waals surface area contributed by atoms with Crippen LogP contribution in [-0.4, -0.2) is 41.0 Å². The lowest BCUT2D eigenvalue weighted by molar-refractivity contribution is 0.405. The van der Waals surface area contributed by atoms with E-state index in [0.717, 1.165) is 9.99 Å². The summed E-state index contributed by atoms with van der Waals surface area (Å²) in [5, 5.41) is 3.63. The lowest BCUT2D eigenvalue weighted by Gasteiger charge is -2.15. The highest BCUT2D eigenvalue weighted by Gasteiger charge is 2.13. The van der Waals surface area contributed by atoms with Crippen molar-refractivity contribution in [1.82, 2.24) is 4.31 Å². The zero-order valence-electron chi connectivity index (χ0n) is 14.3. The Kier molecular flexibility index (Phi) is 5.99. The molecule has 0 heterocycles. The molecule has 9 heteroatoms. The Morgan fingerprint density at radius 2 is 1.52 bits per heavy atom. The summed E-state index contributed by atoms with van der Waals surface area (Å²) in [6.45, 7) is 0. The van der Waals surface area contributed by atoms with Crippen LogP contribution in [-0.2, 0) is 10.2 Å². The van der Waals surface area contributed by atoms with E-state index in [1.165, 1.54) is 21.2 Å². The number of rotatable bonds is 7. The summed E-state index contributed by atoms with van der Waals surface area (Å²) >= 11 is 6.09. The topological polar surface area (TPSA) is 79.9 Å². The first-order chi connectivity index (χ1) is 11.8. The molecule has 2 N–H and O–H groups in total. The second-order valence-electron chi connectivity index (χ2n) is 5.28. The smallest absolute Gasteiger partial charge is 0.301 e. The van der Waals surface area contributed by atoms with Crippen molar-refractivity contribution in [2.24, 2.45) is 0 Å². The van der Waals surface area contributed by atoms with Crippen LogP contribution >= 0.6 is 11.6 Å². The zero-order valence-corrected chi connectivity index (χ0v) is 15.9. The minimum Gasteiger partial charge on any atom is -0.495 e. The van der Waals surface area contributed by atoms with Gasteiger partial charge in [-0.15, -0.1) is 0 Å². The van der Waals surface area contributed by atoms with E-state index >= 15 is 0 Å². The molecule has 0 aliphatic heterocycles. The molecule has 0 unspecified atom stereocenters. The Bertz CT molecular complexity index is 839. The maximum absolute atomic E-state index is 11.8. The third-order valence-electron chi connectivity index (χ3n) is 3.37. The number of nitrogens with one attached hydrogen (secondary N) is 2. The molecule has 0 aliphatic rings. The minimum absolute atomic E-state index is 0.443. The number of halogens is 1. The van der Waals surface area contributed by atoms with Crippen LogP contribution in [0.3, 0.4) is 0 Å². The fourth-order valence-corrected chi connectivity index (χ4v) is 2.82. The maximum Gasteiger partial charge on any atom is 0.301 e. The van der Waals surface area contributed by atoms with Crippen LogP contribution in [0.25, 0.3) is 0 Å². The van der Waals surface area contributed by atoms with Gasteiger partial charge in [-0.1, -0.05) is 11.6 Å². The molecule has 2 aromatic carbocycles. The molecule has 0 aromatic heterocycles. The fraction of sp³-hybridized carbons (Fsp3) is 0.250. The number of hydrogen-bond acceptors (Lipinski definition) is 5. The van der Waals surface area contributed by atoms with Gasteiger partial charge in [0.2, 0.25) is 0 Å². The normalized spacial score (nSPS) is 11.3. The predicted molar refractivity (Wildman–Crippen MR) is 101 cm³/mol. The molecular formula is C16H20ClN3O4S. The van der Waals surface area contributed by atoms with Crippen molar-refractivity contribution in [3.63, 3.8) is 0 Å². The maximum atomic E-state index is 11.8. The van der Waals surface area contributed by atoms with E-state index in [-0.39, 0.29) is 0 Å². The summed E-state index contributed by atoms with van der Waals surface area (Å²) in [5.41, 5.74) is 1.88. The second kappa shape index (κ2) is 7.81. The Labute approximate surface area is 152 Å². The van der Waals surface area contributed by atoms with E-state index < -0.39 is 10.2 Å². The summed E-state index contributed by atoms with van der Waals surface area (Å²) in [4.78, 5) is 0. The van der Waals surface area contributed by atoms with Gasteiger partial charge in [-0.2, -0.15) is 12.7 Å². The van der Waals surface area contributed by atoms with E-state index in [1.54, 1.807) is 43.5 Å². The molecule has 0 spiro atoms. The van der Waals surface area contributed by atoms with E-state index in [2.05, 4.69) is 10.0 Å². The second-order valence-corrected chi connectivity index (χ2v) is 7.57. The van der Waals surface area contributed by atoms with Gasteiger partial charge < -0.3 is 14.8 Å². The summed E-state index contributed by atoms with van der Waals surface area (Å²) < 4.78 is 37.7. The third kappa shape index (κ3) is 4.68. The number of hydrogen-bond donors (Lipinski definition) is 2. The molecule has 7 nitrogen and oxygen atoms in total. The highest BCUT2D eigenvalue weighted by molar-refractivity contribution is 7.90. The molecular weight excluding hydrogens is 366 g/mol. The van der Waals surface area contributed by atoms with Crippen LogP contribution in [0.4, 0.5) is 17.1 Å². The van der Waals surface area contributed by atoms with E-state index in [9.17, 15) is 8.42 Å². The van der Waals surface area contributed by atoms with Gasteiger partial charge in [0.25, 0.3) is 0 Å². The Morgan fingerprint density at radius 1 is 0.960 bits per heavy atom. The van der Waals surface area contributed by atoms with Crippen LogP contribution in [0.5, 0.6) is 11.5 Å². The van der Waals surface area contributed by atoms with Crippen LogP contribution in [0.15, 0.2) is 36.4 Å². The van der Waals surface area contributed by atoms with Gasteiger partial charge in [0.1, 0.15) is 11.5 Å². The van der Waals surface area contributed by atoms with Crippen LogP contribution in [0.1, 0.15) is 0 Å². The molecule has 0 fully saturated rings. The van der Waals surface area contributed by atoms with Crippen LogP contribution < -0.4 is 19.5 Å². The number of nitrogens with zero attached hydrogens (tertiary/aromatic N) is 1. The molecule has 0 saturated carbocycles. The number of anilines is 3. The largest absolute Gasteiger partial charge is 0.495 e.